The molecule has 4 rings (SSSR count). The first-order valence-electron chi connectivity index (χ1n) is 7.94. The van der Waals surface area contributed by atoms with Gasteiger partial charge in [0.2, 0.25) is 0 Å². The van der Waals surface area contributed by atoms with Gasteiger partial charge in [0.15, 0.2) is 0 Å². The van der Waals surface area contributed by atoms with Crippen molar-refractivity contribution in [3.63, 3.8) is 0 Å². The minimum atomic E-state index is -0.259. The predicted molar refractivity (Wildman–Crippen MR) is 84.8 cm³/mol. The van der Waals surface area contributed by atoms with Crippen molar-refractivity contribution < 1.29 is 14.3 Å². The van der Waals surface area contributed by atoms with Gasteiger partial charge < -0.3 is 18.9 Å². The average Bonchev–Trinajstić information content (AvgIpc) is 3.16. The lowest BCUT2D eigenvalue weighted by Crippen LogP contribution is -2.42. The Morgan fingerprint density at radius 3 is 2.83 bits per heavy atom. The minimum Gasteiger partial charge on any atom is -0.445 e. The zero-order valence-corrected chi connectivity index (χ0v) is 13.1. The van der Waals surface area contributed by atoms with Crippen LogP contribution in [0.1, 0.15) is 17.7 Å². The number of benzene rings is 1. The van der Waals surface area contributed by atoms with Gasteiger partial charge in [-0.15, -0.1) is 0 Å². The van der Waals surface area contributed by atoms with Crippen molar-refractivity contribution in [2.45, 2.75) is 24.7 Å². The molecule has 3 heterocycles. The Kier molecular flexibility index (Phi) is 3.38. The highest BCUT2D eigenvalue weighted by molar-refractivity contribution is 5.68. The van der Waals surface area contributed by atoms with Crippen molar-refractivity contribution >= 4 is 6.09 Å². The van der Waals surface area contributed by atoms with E-state index in [0.29, 0.717) is 19.7 Å². The molecule has 5 heteroatoms. The molecule has 0 N–H and O–H groups in total. The second-order valence-corrected chi connectivity index (χ2v) is 6.24. The molecular formula is C18H20N2O3. The number of fused-ring (bicyclic) bond motifs is 1. The van der Waals surface area contributed by atoms with Gasteiger partial charge >= 0.3 is 6.09 Å². The number of aryl methyl sites for hydroxylation is 1. The Morgan fingerprint density at radius 2 is 2.13 bits per heavy atom. The maximum Gasteiger partial charge on any atom is 0.410 e. The molecule has 0 bridgehead atoms. The zero-order chi connectivity index (χ0) is 15.9. The number of ether oxygens (including phenoxy) is 2. The number of hydrogen-bond donors (Lipinski definition) is 0. The third kappa shape index (κ3) is 2.51. The van der Waals surface area contributed by atoms with Crippen LogP contribution in [0.5, 0.6) is 0 Å². The number of aromatic nitrogens is 1. The molecule has 0 aliphatic carbocycles. The predicted octanol–water partition coefficient (Wildman–Crippen LogP) is 2.66. The Hall–Kier alpha value is -2.27. The maximum absolute atomic E-state index is 12.2. The molecule has 2 aromatic rings. The highest BCUT2D eigenvalue weighted by Crippen LogP contribution is 2.51. The van der Waals surface area contributed by atoms with E-state index < -0.39 is 0 Å². The van der Waals surface area contributed by atoms with Gasteiger partial charge in [-0.05, 0) is 17.7 Å². The number of hydrogen-bond acceptors (Lipinski definition) is 3. The van der Waals surface area contributed by atoms with Gasteiger partial charge in [-0.3, -0.25) is 0 Å². The number of likely N-dealkylation sites (tertiary alicyclic amines) is 1. The van der Waals surface area contributed by atoms with Crippen LogP contribution in [0.4, 0.5) is 4.79 Å². The molecule has 0 radical (unpaired) electrons. The van der Waals surface area contributed by atoms with Gasteiger partial charge in [-0.25, -0.2) is 4.79 Å². The third-order valence-electron chi connectivity index (χ3n) is 4.80. The number of piperidine rings is 1. The molecule has 2 aliphatic rings. The van der Waals surface area contributed by atoms with E-state index in [1.807, 2.05) is 49.6 Å². The second kappa shape index (κ2) is 5.42. The van der Waals surface area contributed by atoms with Crippen molar-refractivity contribution in [3.8, 4) is 0 Å². The molecule has 0 saturated carbocycles. The summed E-state index contributed by atoms with van der Waals surface area (Å²) in [6.45, 7) is 1.57. The summed E-state index contributed by atoms with van der Waals surface area (Å²) in [5.74, 6) is 0. The summed E-state index contributed by atoms with van der Waals surface area (Å²) < 4.78 is 13.5. The fourth-order valence-corrected chi connectivity index (χ4v) is 3.45. The SMILES string of the molecule is Cn1cccc1C12CCN(C(=O)OCc3ccccc3)CC1O2. The number of nitrogens with zero attached hydrogens (tertiary/aromatic N) is 2. The van der Waals surface area contributed by atoms with Crippen LogP contribution in [0.3, 0.4) is 0 Å². The molecule has 1 aromatic carbocycles. The van der Waals surface area contributed by atoms with Crippen LogP contribution >= 0.6 is 0 Å². The Labute approximate surface area is 135 Å². The molecule has 0 spiro atoms. The van der Waals surface area contributed by atoms with Crippen LogP contribution < -0.4 is 0 Å². The number of rotatable bonds is 3. The van der Waals surface area contributed by atoms with E-state index in [9.17, 15) is 4.79 Å². The summed E-state index contributed by atoms with van der Waals surface area (Å²) in [6.07, 6.45) is 2.66. The fraction of sp³-hybridized carbons (Fsp3) is 0.389. The van der Waals surface area contributed by atoms with Crippen LogP contribution in [-0.4, -0.2) is 34.8 Å². The summed E-state index contributed by atoms with van der Waals surface area (Å²) in [5.41, 5.74) is 1.99. The van der Waals surface area contributed by atoms with Crippen LogP contribution in [0.15, 0.2) is 48.7 Å². The molecule has 5 nitrogen and oxygen atoms in total. The van der Waals surface area contributed by atoms with E-state index in [4.69, 9.17) is 9.47 Å². The Morgan fingerprint density at radius 1 is 1.30 bits per heavy atom. The van der Waals surface area contributed by atoms with Crippen molar-refractivity contribution in [1.82, 2.24) is 9.47 Å². The highest BCUT2D eigenvalue weighted by atomic mass is 16.6. The molecule has 2 fully saturated rings. The number of epoxide rings is 1. The van der Waals surface area contributed by atoms with E-state index in [1.54, 1.807) is 4.90 Å². The summed E-state index contributed by atoms with van der Waals surface area (Å²) in [4.78, 5) is 14.0. The van der Waals surface area contributed by atoms with Gasteiger partial charge in [0, 0.05) is 26.2 Å². The molecule has 2 unspecified atom stereocenters. The van der Waals surface area contributed by atoms with Gasteiger partial charge in [0.05, 0.1) is 12.2 Å². The summed E-state index contributed by atoms with van der Waals surface area (Å²) in [6, 6.07) is 13.9. The van der Waals surface area contributed by atoms with Crippen LogP contribution in [0.25, 0.3) is 0 Å². The average molecular weight is 312 g/mol. The van der Waals surface area contributed by atoms with E-state index in [1.165, 1.54) is 5.69 Å². The van der Waals surface area contributed by atoms with Gasteiger partial charge in [-0.2, -0.15) is 0 Å². The summed E-state index contributed by atoms with van der Waals surface area (Å²) >= 11 is 0. The van der Waals surface area contributed by atoms with E-state index in [-0.39, 0.29) is 17.8 Å². The number of carbonyl (C=O) groups is 1. The highest BCUT2D eigenvalue weighted by Gasteiger charge is 2.62. The first-order valence-corrected chi connectivity index (χ1v) is 7.94. The monoisotopic (exact) mass is 312 g/mol. The largest absolute Gasteiger partial charge is 0.445 e. The van der Waals surface area contributed by atoms with E-state index >= 15 is 0 Å². The molecule has 23 heavy (non-hydrogen) atoms. The quantitative estimate of drug-likeness (QED) is 0.819. The fourth-order valence-electron chi connectivity index (χ4n) is 3.45. The number of amides is 1. The second-order valence-electron chi connectivity index (χ2n) is 6.24. The van der Waals surface area contributed by atoms with Crippen molar-refractivity contribution in [2.75, 3.05) is 13.1 Å². The summed E-state index contributed by atoms with van der Waals surface area (Å²) in [7, 11) is 2.03. The molecule has 2 aliphatic heterocycles. The molecule has 1 aromatic heterocycles. The Balaban J connectivity index is 1.35. The topological polar surface area (TPSA) is 47.0 Å². The van der Waals surface area contributed by atoms with Crippen molar-refractivity contribution in [1.29, 1.82) is 0 Å². The zero-order valence-electron chi connectivity index (χ0n) is 13.1. The smallest absolute Gasteiger partial charge is 0.410 e. The molecule has 2 saturated heterocycles. The van der Waals surface area contributed by atoms with Crippen LogP contribution in [-0.2, 0) is 28.7 Å². The summed E-state index contributed by atoms with van der Waals surface area (Å²) in [5, 5.41) is 0. The lowest BCUT2D eigenvalue weighted by molar-refractivity contribution is 0.0894. The first kappa shape index (κ1) is 14.3. The maximum atomic E-state index is 12.2. The van der Waals surface area contributed by atoms with Crippen LogP contribution in [0.2, 0.25) is 0 Å². The molecule has 120 valence electrons. The van der Waals surface area contributed by atoms with Gasteiger partial charge in [-0.1, -0.05) is 30.3 Å². The lowest BCUT2D eigenvalue weighted by atomic mass is 9.93. The van der Waals surface area contributed by atoms with Gasteiger partial charge in [0.25, 0.3) is 0 Å². The Bertz CT molecular complexity index is 712. The normalized spacial score (nSPS) is 25.8. The number of carbonyl (C=O) groups excluding carboxylic acids is 1. The molecule has 1 amide bonds. The first-order chi connectivity index (χ1) is 11.2. The third-order valence-corrected chi connectivity index (χ3v) is 4.80. The van der Waals surface area contributed by atoms with Crippen LogP contribution in [0, 0.1) is 0 Å². The van der Waals surface area contributed by atoms with Crippen molar-refractivity contribution in [3.05, 3.63) is 59.9 Å². The van der Waals surface area contributed by atoms with Gasteiger partial charge in [0.1, 0.15) is 18.3 Å². The van der Waals surface area contributed by atoms with E-state index in [2.05, 4.69) is 10.6 Å². The molecule has 2 atom stereocenters. The standard InChI is InChI=1S/C18H20N2O3/c1-19-10-5-8-15(19)18-9-11-20(12-16(18)23-18)17(21)22-13-14-6-3-2-4-7-14/h2-8,10,16H,9,11-13H2,1H3. The minimum absolute atomic E-state index is 0.0779. The lowest BCUT2D eigenvalue weighted by Gasteiger charge is -2.28. The molecular weight excluding hydrogens is 292 g/mol. The van der Waals surface area contributed by atoms with E-state index in [0.717, 1.165) is 12.0 Å². The van der Waals surface area contributed by atoms with Crippen molar-refractivity contribution in [2.24, 2.45) is 7.05 Å².